The quantitative estimate of drug-likeness (QED) is 0.418. The van der Waals surface area contributed by atoms with Gasteiger partial charge in [-0.2, -0.15) is 4.68 Å². The smallest absolute Gasteiger partial charge is 0.390 e. The van der Waals surface area contributed by atoms with E-state index >= 15 is 0 Å². The molecule has 0 radical (unpaired) electrons. The topological polar surface area (TPSA) is 142 Å². The van der Waals surface area contributed by atoms with E-state index in [-0.39, 0.29) is 22.9 Å². The van der Waals surface area contributed by atoms with Crippen LogP contribution in [0.1, 0.15) is 29.8 Å². The Morgan fingerprint density at radius 1 is 0.969 bits per heavy atom. The van der Waals surface area contributed by atoms with E-state index in [0.29, 0.717) is 11.4 Å². The largest absolute Gasteiger partial charge is 0.457 e. The average molecular weight is 439 g/mol. The van der Waals surface area contributed by atoms with Gasteiger partial charge in [0, 0.05) is 12.1 Å². The van der Waals surface area contributed by atoms with Gasteiger partial charge in [-0.05, 0) is 55.9 Å². The number of aromatic nitrogens is 2. The number of benzene rings is 2. The number of anilines is 1. The SMILES string of the molecule is Cc1cc(C)cc(Oc2cc(NC(=O)C(C)n3nc([N+](=O)[O-])cc3C)cc([N+](=O)[O-])c2)c1. The molecule has 0 fully saturated rings. The molecule has 1 amide bonds. The van der Waals surface area contributed by atoms with Gasteiger partial charge in [-0.15, -0.1) is 0 Å². The maximum atomic E-state index is 12.7. The van der Waals surface area contributed by atoms with Crippen molar-refractivity contribution in [1.82, 2.24) is 9.78 Å². The number of nitro benzene ring substituents is 1. The highest BCUT2D eigenvalue weighted by Crippen LogP contribution is 2.31. The van der Waals surface area contributed by atoms with E-state index < -0.39 is 21.8 Å². The van der Waals surface area contributed by atoms with Crippen molar-refractivity contribution in [3.8, 4) is 11.5 Å². The third kappa shape index (κ3) is 5.06. The van der Waals surface area contributed by atoms with Crippen LogP contribution in [0.25, 0.3) is 0 Å². The summed E-state index contributed by atoms with van der Waals surface area (Å²) < 4.78 is 7.02. The molecule has 11 heteroatoms. The Morgan fingerprint density at radius 3 is 2.16 bits per heavy atom. The van der Waals surface area contributed by atoms with E-state index in [2.05, 4.69) is 10.4 Å². The number of hydrogen-bond acceptors (Lipinski definition) is 7. The number of nitrogens with one attached hydrogen (secondary N) is 1. The second kappa shape index (κ2) is 8.84. The van der Waals surface area contributed by atoms with Crippen LogP contribution in [0.3, 0.4) is 0 Å². The first-order chi connectivity index (χ1) is 15.0. The predicted molar refractivity (Wildman–Crippen MR) is 116 cm³/mol. The molecule has 3 rings (SSSR count). The van der Waals surface area contributed by atoms with Crippen molar-refractivity contribution in [1.29, 1.82) is 0 Å². The number of aryl methyl sites for hydroxylation is 3. The molecule has 0 aliphatic carbocycles. The van der Waals surface area contributed by atoms with Crippen LogP contribution in [0.15, 0.2) is 42.5 Å². The second-order valence-corrected chi connectivity index (χ2v) is 7.41. The van der Waals surface area contributed by atoms with E-state index in [0.717, 1.165) is 11.1 Å². The number of ether oxygens (including phenoxy) is 1. The van der Waals surface area contributed by atoms with E-state index in [9.17, 15) is 25.0 Å². The van der Waals surface area contributed by atoms with Crippen molar-refractivity contribution in [2.75, 3.05) is 5.32 Å². The third-order valence-corrected chi connectivity index (χ3v) is 4.64. The van der Waals surface area contributed by atoms with Gasteiger partial charge in [0.2, 0.25) is 0 Å². The van der Waals surface area contributed by atoms with Crippen LogP contribution in [0, 0.1) is 41.0 Å². The molecule has 0 aliphatic heterocycles. The van der Waals surface area contributed by atoms with Crippen LogP contribution in [0.4, 0.5) is 17.2 Å². The summed E-state index contributed by atoms with van der Waals surface area (Å²) in [5, 5.41) is 28.7. The first-order valence-electron chi connectivity index (χ1n) is 9.60. The Bertz CT molecular complexity index is 1200. The molecule has 3 aromatic rings. The van der Waals surface area contributed by atoms with Crippen molar-refractivity contribution < 1.29 is 19.4 Å². The molecule has 32 heavy (non-hydrogen) atoms. The van der Waals surface area contributed by atoms with Gasteiger partial charge in [0.1, 0.15) is 17.5 Å². The normalized spacial score (nSPS) is 11.6. The Morgan fingerprint density at radius 2 is 1.59 bits per heavy atom. The molecule has 0 saturated carbocycles. The fourth-order valence-corrected chi connectivity index (χ4v) is 3.26. The van der Waals surface area contributed by atoms with Crippen molar-refractivity contribution in [3.05, 3.63) is 79.5 Å². The number of carbonyl (C=O) groups is 1. The maximum absolute atomic E-state index is 12.7. The zero-order valence-electron chi connectivity index (χ0n) is 17.9. The zero-order valence-corrected chi connectivity index (χ0v) is 17.9. The molecule has 0 bridgehead atoms. The summed E-state index contributed by atoms with van der Waals surface area (Å²) in [5.41, 5.74) is 2.25. The highest BCUT2D eigenvalue weighted by molar-refractivity contribution is 5.94. The number of hydrogen-bond donors (Lipinski definition) is 1. The first kappa shape index (κ1) is 22.4. The van der Waals surface area contributed by atoms with Crippen molar-refractivity contribution >= 4 is 23.1 Å². The molecule has 0 saturated heterocycles. The summed E-state index contributed by atoms with van der Waals surface area (Å²) in [6, 6.07) is 9.84. The van der Waals surface area contributed by atoms with Gasteiger partial charge in [0.05, 0.1) is 33.5 Å². The van der Waals surface area contributed by atoms with E-state index in [4.69, 9.17) is 4.74 Å². The highest BCUT2D eigenvalue weighted by atomic mass is 16.6. The molecule has 1 aromatic heterocycles. The van der Waals surface area contributed by atoms with Crippen LogP contribution in [-0.2, 0) is 4.79 Å². The summed E-state index contributed by atoms with van der Waals surface area (Å²) in [5.74, 6) is -0.239. The number of non-ortho nitro benzene ring substituents is 1. The fraction of sp³-hybridized carbons (Fsp3) is 0.238. The zero-order chi connectivity index (χ0) is 23.6. The monoisotopic (exact) mass is 439 g/mol. The Hall–Kier alpha value is -4.28. The number of nitrogens with zero attached hydrogens (tertiary/aromatic N) is 4. The van der Waals surface area contributed by atoms with Crippen LogP contribution in [0.5, 0.6) is 11.5 Å². The lowest BCUT2D eigenvalue weighted by molar-refractivity contribution is -0.389. The summed E-state index contributed by atoms with van der Waals surface area (Å²) in [4.78, 5) is 33.8. The highest BCUT2D eigenvalue weighted by Gasteiger charge is 2.25. The predicted octanol–water partition coefficient (Wildman–Crippen LogP) is 4.62. The molecule has 11 nitrogen and oxygen atoms in total. The van der Waals surface area contributed by atoms with Gasteiger partial charge >= 0.3 is 5.82 Å². The van der Waals surface area contributed by atoms with E-state index in [1.54, 1.807) is 19.1 Å². The molecule has 0 spiro atoms. The van der Waals surface area contributed by atoms with Gasteiger partial charge in [-0.1, -0.05) is 6.07 Å². The van der Waals surface area contributed by atoms with Crippen LogP contribution in [0.2, 0.25) is 0 Å². The molecule has 0 aliphatic rings. The van der Waals surface area contributed by atoms with Gasteiger partial charge < -0.3 is 20.2 Å². The molecule has 2 aromatic carbocycles. The lowest BCUT2D eigenvalue weighted by atomic mass is 10.1. The minimum atomic E-state index is -0.897. The molecule has 166 valence electrons. The molecule has 1 atom stereocenters. The summed E-state index contributed by atoms with van der Waals surface area (Å²) in [6.45, 7) is 6.92. The van der Waals surface area contributed by atoms with Crippen molar-refractivity contribution in [3.63, 3.8) is 0 Å². The third-order valence-electron chi connectivity index (χ3n) is 4.64. The fourth-order valence-electron chi connectivity index (χ4n) is 3.26. The van der Waals surface area contributed by atoms with Gasteiger partial charge in [-0.3, -0.25) is 14.9 Å². The minimum Gasteiger partial charge on any atom is -0.457 e. The van der Waals surface area contributed by atoms with Gasteiger partial charge in [0.15, 0.2) is 0 Å². The van der Waals surface area contributed by atoms with Crippen LogP contribution < -0.4 is 10.1 Å². The maximum Gasteiger partial charge on any atom is 0.390 e. The lowest BCUT2D eigenvalue weighted by Crippen LogP contribution is -2.25. The Labute approximate surface area is 182 Å². The molecule has 1 heterocycles. The number of amides is 1. The van der Waals surface area contributed by atoms with Crippen molar-refractivity contribution in [2.24, 2.45) is 0 Å². The first-order valence-corrected chi connectivity index (χ1v) is 9.60. The van der Waals surface area contributed by atoms with Gasteiger partial charge in [0.25, 0.3) is 11.6 Å². The van der Waals surface area contributed by atoms with E-state index in [1.165, 1.54) is 35.9 Å². The minimum absolute atomic E-state index is 0.148. The Kier molecular flexibility index (Phi) is 6.19. The summed E-state index contributed by atoms with van der Waals surface area (Å²) >= 11 is 0. The molecule has 1 unspecified atom stereocenters. The summed E-state index contributed by atoms with van der Waals surface area (Å²) in [7, 11) is 0. The van der Waals surface area contributed by atoms with Gasteiger partial charge in [-0.25, -0.2) is 0 Å². The standard InChI is InChI=1S/C21H21N5O6/c1-12-5-13(2)7-18(6-12)32-19-10-16(9-17(11-19)25(28)29)22-21(27)15(4)24-14(3)8-20(23-24)26(30)31/h5-11,15H,1-4H3,(H,22,27). The molecule has 1 N–H and O–H groups in total. The lowest BCUT2D eigenvalue weighted by Gasteiger charge is -2.13. The number of rotatable bonds is 7. The van der Waals surface area contributed by atoms with E-state index in [1.807, 2.05) is 19.9 Å². The molecular formula is C21H21N5O6. The summed E-state index contributed by atoms with van der Waals surface area (Å²) in [6.07, 6.45) is 0. The average Bonchev–Trinajstić information content (AvgIpc) is 3.08. The van der Waals surface area contributed by atoms with Crippen molar-refractivity contribution in [2.45, 2.75) is 33.7 Å². The van der Waals surface area contributed by atoms with Crippen LogP contribution >= 0.6 is 0 Å². The second-order valence-electron chi connectivity index (χ2n) is 7.41. The Balaban J connectivity index is 1.87. The molecular weight excluding hydrogens is 418 g/mol. The number of carbonyl (C=O) groups excluding carboxylic acids is 1. The number of nitro groups is 2. The van der Waals surface area contributed by atoms with Crippen LogP contribution in [-0.4, -0.2) is 25.5 Å².